The summed E-state index contributed by atoms with van der Waals surface area (Å²) < 4.78 is 4.85. The summed E-state index contributed by atoms with van der Waals surface area (Å²) in [6.07, 6.45) is 0. The fourth-order valence-electron chi connectivity index (χ4n) is 1.44. The highest BCUT2D eigenvalue weighted by Gasteiger charge is 2.08. The molecule has 1 heterocycles. The van der Waals surface area contributed by atoms with E-state index in [1.807, 2.05) is 30.3 Å². The monoisotopic (exact) mass is 246 g/mol. The number of nitrogens with one attached hydrogen (secondary N) is 2. The lowest BCUT2D eigenvalue weighted by molar-refractivity contribution is 0.251. The van der Waals surface area contributed by atoms with Crippen LogP contribution >= 0.6 is 0 Å². The summed E-state index contributed by atoms with van der Waals surface area (Å²) in [6.45, 7) is 1.76. The van der Waals surface area contributed by atoms with Crippen molar-refractivity contribution in [1.29, 1.82) is 0 Å². The highest BCUT2D eigenvalue weighted by atomic mass is 16.5. The molecule has 0 saturated heterocycles. The largest absolute Gasteiger partial charge is 0.360 e. The van der Waals surface area contributed by atoms with Crippen LogP contribution < -0.4 is 15.8 Å². The highest BCUT2D eigenvalue weighted by molar-refractivity contribution is 5.89. The predicted molar refractivity (Wildman–Crippen MR) is 68.2 cm³/mol. The van der Waals surface area contributed by atoms with Crippen LogP contribution in [0.3, 0.4) is 0 Å². The molecule has 94 valence electrons. The molecule has 6 nitrogen and oxygen atoms in total. The van der Waals surface area contributed by atoms with Gasteiger partial charge in [-0.25, -0.2) is 10.2 Å². The average molecular weight is 246 g/mol. The molecule has 1 aromatic heterocycles. The number of urea groups is 1. The number of aromatic nitrogens is 1. The Labute approximate surface area is 105 Å². The Morgan fingerprint density at radius 3 is 2.67 bits per heavy atom. The minimum absolute atomic E-state index is 0.380. The van der Waals surface area contributed by atoms with Gasteiger partial charge in [-0.1, -0.05) is 23.4 Å². The number of aryl methyl sites for hydroxylation is 1. The van der Waals surface area contributed by atoms with Crippen molar-refractivity contribution in [3.05, 3.63) is 42.2 Å². The number of nitrogens with zero attached hydrogens (tertiary/aromatic N) is 2. The summed E-state index contributed by atoms with van der Waals surface area (Å²) in [5.41, 5.74) is 3.53. The van der Waals surface area contributed by atoms with Crippen molar-refractivity contribution in [2.75, 3.05) is 17.4 Å². The lowest BCUT2D eigenvalue weighted by Crippen LogP contribution is -2.42. The van der Waals surface area contributed by atoms with Crippen molar-refractivity contribution in [1.82, 2.24) is 10.6 Å². The number of hydrazine groups is 1. The molecule has 1 aromatic carbocycles. The minimum atomic E-state index is -0.380. The van der Waals surface area contributed by atoms with Gasteiger partial charge < -0.3 is 4.52 Å². The Bertz CT molecular complexity index is 524. The van der Waals surface area contributed by atoms with E-state index >= 15 is 0 Å². The number of anilines is 2. The Balaban J connectivity index is 1.92. The third-order valence-electron chi connectivity index (χ3n) is 2.28. The van der Waals surface area contributed by atoms with E-state index in [2.05, 4.69) is 15.9 Å². The van der Waals surface area contributed by atoms with Crippen LogP contribution in [-0.4, -0.2) is 18.2 Å². The van der Waals surface area contributed by atoms with E-state index in [0.717, 1.165) is 5.69 Å². The van der Waals surface area contributed by atoms with Crippen LogP contribution in [0.2, 0.25) is 0 Å². The number of hydrogen-bond donors (Lipinski definition) is 2. The Morgan fingerprint density at radius 1 is 1.33 bits per heavy atom. The summed E-state index contributed by atoms with van der Waals surface area (Å²) in [5, 5.41) is 7.85. The Morgan fingerprint density at radius 2 is 2.06 bits per heavy atom. The molecule has 0 aliphatic heterocycles. The molecule has 0 atom stereocenters. The molecule has 0 unspecified atom stereocenters. The summed E-state index contributed by atoms with van der Waals surface area (Å²) in [6, 6.07) is 10.7. The van der Waals surface area contributed by atoms with E-state index in [0.29, 0.717) is 11.6 Å². The number of carbonyl (C=O) groups is 1. The number of carbonyl (C=O) groups excluding carboxylic acids is 1. The zero-order chi connectivity index (χ0) is 13.0. The maximum Gasteiger partial charge on any atom is 0.339 e. The minimum Gasteiger partial charge on any atom is -0.360 e. The molecule has 2 N–H and O–H groups in total. The van der Waals surface area contributed by atoms with Crippen LogP contribution in [0.25, 0.3) is 0 Å². The van der Waals surface area contributed by atoms with Crippen molar-refractivity contribution in [2.24, 2.45) is 0 Å². The van der Waals surface area contributed by atoms with Crippen LogP contribution in [0.5, 0.6) is 0 Å². The van der Waals surface area contributed by atoms with E-state index < -0.39 is 0 Å². The predicted octanol–water partition coefficient (Wildman–Crippen LogP) is 2.16. The lowest BCUT2D eigenvalue weighted by atomic mass is 10.3. The van der Waals surface area contributed by atoms with Gasteiger partial charge in [0.25, 0.3) is 0 Å². The molecule has 0 spiro atoms. The maximum atomic E-state index is 11.7. The van der Waals surface area contributed by atoms with Gasteiger partial charge in [-0.05, 0) is 19.1 Å². The fraction of sp³-hybridized carbons (Fsp3) is 0.167. The number of rotatable bonds is 3. The summed E-state index contributed by atoms with van der Waals surface area (Å²) in [4.78, 5) is 11.7. The summed E-state index contributed by atoms with van der Waals surface area (Å²) in [7, 11) is 1.75. The molecule has 0 aliphatic carbocycles. The smallest absolute Gasteiger partial charge is 0.339 e. The van der Waals surface area contributed by atoms with E-state index in [1.54, 1.807) is 25.0 Å². The standard InChI is InChI=1S/C12H14N4O2/c1-9-8-11(15-18-9)13-12(17)14-16(2)10-6-4-3-5-7-10/h3-8H,1-2H3,(H2,13,14,15,17). The first-order valence-corrected chi connectivity index (χ1v) is 5.45. The topological polar surface area (TPSA) is 70.4 Å². The van der Waals surface area contributed by atoms with Crippen molar-refractivity contribution in [2.45, 2.75) is 6.92 Å². The lowest BCUT2D eigenvalue weighted by Gasteiger charge is -2.19. The molecule has 2 aromatic rings. The number of hydrogen-bond acceptors (Lipinski definition) is 4. The molecule has 0 aliphatic rings. The second kappa shape index (κ2) is 5.22. The van der Waals surface area contributed by atoms with Gasteiger partial charge in [0, 0.05) is 13.1 Å². The van der Waals surface area contributed by atoms with Crippen molar-refractivity contribution >= 4 is 17.5 Å². The van der Waals surface area contributed by atoms with Crippen molar-refractivity contribution < 1.29 is 9.32 Å². The third kappa shape index (κ3) is 3.00. The van der Waals surface area contributed by atoms with Gasteiger partial charge in [-0.3, -0.25) is 10.3 Å². The Kier molecular flexibility index (Phi) is 3.47. The van der Waals surface area contributed by atoms with Crippen molar-refractivity contribution in [3.8, 4) is 0 Å². The molecule has 0 bridgehead atoms. The average Bonchev–Trinajstić information content (AvgIpc) is 2.75. The van der Waals surface area contributed by atoms with Crippen LogP contribution in [0, 0.1) is 6.92 Å². The fourth-order valence-corrected chi connectivity index (χ4v) is 1.44. The molecule has 6 heteroatoms. The van der Waals surface area contributed by atoms with Gasteiger partial charge in [0.2, 0.25) is 0 Å². The first-order valence-electron chi connectivity index (χ1n) is 5.45. The van der Waals surface area contributed by atoms with Gasteiger partial charge in [0.15, 0.2) is 5.82 Å². The van der Waals surface area contributed by atoms with Crippen molar-refractivity contribution in [3.63, 3.8) is 0 Å². The van der Waals surface area contributed by atoms with E-state index in [4.69, 9.17) is 4.52 Å². The van der Waals surface area contributed by atoms with E-state index in [9.17, 15) is 4.79 Å². The first-order chi connectivity index (χ1) is 8.65. The number of benzene rings is 1. The van der Waals surface area contributed by atoms with Gasteiger partial charge in [-0.15, -0.1) is 0 Å². The maximum absolute atomic E-state index is 11.7. The molecular weight excluding hydrogens is 232 g/mol. The van der Waals surface area contributed by atoms with Gasteiger partial charge in [0.05, 0.1) is 5.69 Å². The molecule has 0 saturated carbocycles. The first kappa shape index (κ1) is 12.0. The summed E-state index contributed by atoms with van der Waals surface area (Å²) >= 11 is 0. The van der Waals surface area contributed by atoms with Crippen LogP contribution in [-0.2, 0) is 0 Å². The van der Waals surface area contributed by atoms with Gasteiger partial charge in [0.1, 0.15) is 5.76 Å². The van der Waals surface area contributed by atoms with Gasteiger partial charge in [-0.2, -0.15) is 0 Å². The molecule has 2 rings (SSSR count). The highest BCUT2D eigenvalue weighted by Crippen LogP contribution is 2.09. The quantitative estimate of drug-likeness (QED) is 0.814. The molecule has 2 amide bonds. The van der Waals surface area contributed by atoms with Crippen LogP contribution in [0.1, 0.15) is 5.76 Å². The third-order valence-corrected chi connectivity index (χ3v) is 2.28. The molecule has 0 radical (unpaired) electrons. The zero-order valence-corrected chi connectivity index (χ0v) is 10.2. The number of para-hydroxylation sites is 1. The molecule has 0 fully saturated rings. The Hall–Kier alpha value is -2.50. The normalized spacial score (nSPS) is 9.89. The van der Waals surface area contributed by atoms with Gasteiger partial charge >= 0.3 is 6.03 Å². The molecule has 18 heavy (non-hydrogen) atoms. The van der Waals surface area contributed by atoms with Crippen LogP contribution in [0.4, 0.5) is 16.3 Å². The summed E-state index contributed by atoms with van der Waals surface area (Å²) in [5.74, 6) is 1.02. The second-order valence-corrected chi connectivity index (χ2v) is 3.78. The number of amides is 2. The zero-order valence-electron chi connectivity index (χ0n) is 10.2. The van der Waals surface area contributed by atoms with Crippen LogP contribution in [0.15, 0.2) is 40.9 Å². The molecular formula is C12H14N4O2. The van der Waals surface area contributed by atoms with E-state index in [-0.39, 0.29) is 6.03 Å². The van der Waals surface area contributed by atoms with E-state index in [1.165, 1.54) is 0 Å². The second-order valence-electron chi connectivity index (χ2n) is 3.78. The SMILES string of the molecule is Cc1cc(NC(=O)NN(C)c2ccccc2)no1.